The van der Waals surface area contributed by atoms with Gasteiger partial charge in [0.25, 0.3) is 0 Å². The molecule has 0 unspecified atom stereocenters. The van der Waals surface area contributed by atoms with Crippen LogP contribution in [0.1, 0.15) is 33.4 Å². The first-order valence-electron chi connectivity index (χ1n) is 17.1. The molecule has 0 fully saturated rings. The van der Waals surface area contributed by atoms with Crippen molar-refractivity contribution in [1.82, 2.24) is 19.9 Å². The number of aromatic nitrogens is 4. The Morgan fingerprint density at radius 2 is 0.529 bits per heavy atom. The van der Waals surface area contributed by atoms with Gasteiger partial charge in [-0.05, 0) is 46.8 Å². The Kier molecular flexibility index (Phi) is 17.8. The zero-order chi connectivity index (χ0) is 53.0. The molecular formula is C38H16F26IrN4P. The standard InChI is InChI=1S/2C13H5F7N.C12H6F6N2.F6P.Ir/c2*14-10-5-7(12(15,16)17)1-3-9(10)11-4-2-8(6-21-11)13(18,19)20;13-11(14,15)7-1-3-9(19-5-7)10-4-2-8(6-20-10)12(16,17)18;1-7(2,3,4,5)6;/h2*1-2,4-6H;1-6H;;/q2*-1;;-1;+3. The molecule has 0 radical (unpaired) electrons. The van der Waals surface area contributed by atoms with Crippen molar-refractivity contribution in [2.24, 2.45) is 0 Å². The zero-order valence-corrected chi connectivity index (χ0v) is 35.9. The molecule has 4 heterocycles. The molecule has 70 heavy (non-hydrogen) atoms. The van der Waals surface area contributed by atoms with Gasteiger partial charge >= 0.3 is 90.2 Å². The molecule has 2 aromatic carbocycles. The van der Waals surface area contributed by atoms with Gasteiger partial charge in [-0.15, -0.1) is 24.3 Å². The summed E-state index contributed by atoms with van der Waals surface area (Å²) < 4.78 is 309. The van der Waals surface area contributed by atoms with E-state index < -0.39 is 101 Å². The molecule has 4 aromatic heterocycles. The maximum Gasteiger partial charge on any atom is 3.00 e. The van der Waals surface area contributed by atoms with Gasteiger partial charge in [0, 0.05) is 36.4 Å². The first-order valence-corrected chi connectivity index (χ1v) is 19.1. The maximum atomic E-state index is 13.6. The van der Waals surface area contributed by atoms with Crippen LogP contribution in [0.5, 0.6) is 0 Å². The normalized spacial score (nSPS) is 13.4. The minimum atomic E-state index is -10.7. The number of pyridine rings is 4. The molecular weight excluding hydrogens is 1230 g/mol. The van der Waals surface area contributed by atoms with E-state index in [1.165, 1.54) is 0 Å². The van der Waals surface area contributed by atoms with Crippen molar-refractivity contribution in [3.63, 3.8) is 0 Å². The predicted octanol–water partition coefficient (Wildman–Crippen LogP) is 17.0. The first kappa shape index (κ1) is 60.4. The van der Waals surface area contributed by atoms with E-state index in [2.05, 4.69) is 19.9 Å². The number of nitrogens with zero attached hydrogens (tertiary/aromatic N) is 4. The summed E-state index contributed by atoms with van der Waals surface area (Å²) in [5, 5.41) is 0. The molecule has 0 aliphatic heterocycles. The Morgan fingerprint density at radius 1 is 0.329 bits per heavy atom. The van der Waals surface area contributed by atoms with Gasteiger partial charge in [0.2, 0.25) is 0 Å². The quantitative estimate of drug-likeness (QED) is 0.101. The number of benzene rings is 2. The summed E-state index contributed by atoms with van der Waals surface area (Å²) in [7, 11) is -10.7. The van der Waals surface area contributed by atoms with E-state index >= 15 is 0 Å². The Labute approximate surface area is 386 Å². The van der Waals surface area contributed by atoms with Crippen molar-refractivity contribution in [2.45, 2.75) is 37.1 Å². The third kappa shape index (κ3) is 20.0. The van der Waals surface area contributed by atoms with Crippen LogP contribution >= 0.6 is 7.81 Å². The van der Waals surface area contributed by atoms with Crippen molar-refractivity contribution in [3.05, 3.63) is 155 Å². The smallest absolute Gasteiger partial charge is 0.304 e. The fraction of sp³-hybridized carbons (Fsp3) is 0.158. The second-order valence-corrected chi connectivity index (χ2v) is 14.8. The second-order valence-electron chi connectivity index (χ2n) is 12.9. The minimum absolute atomic E-state index is 0. The van der Waals surface area contributed by atoms with Gasteiger partial charge in [0.05, 0.1) is 33.6 Å². The van der Waals surface area contributed by atoms with E-state index in [1.807, 2.05) is 12.1 Å². The molecule has 0 saturated heterocycles. The van der Waals surface area contributed by atoms with Crippen molar-refractivity contribution in [2.75, 3.05) is 0 Å². The Hall–Kier alpha value is -5.70. The summed E-state index contributed by atoms with van der Waals surface area (Å²) in [6.45, 7) is 0. The number of hydrogen-bond donors (Lipinski definition) is 0. The molecule has 32 heteroatoms. The van der Waals surface area contributed by atoms with Gasteiger partial charge in [-0.3, -0.25) is 18.7 Å². The van der Waals surface area contributed by atoms with Crippen molar-refractivity contribution in [3.8, 4) is 33.9 Å². The third-order valence-corrected chi connectivity index (χ3v) is 7.58. The molecule has 0 atom stereocenters. The molecule has 0 amide bonds. The second kappa shape index (κ2) is 20.6. The van der Waals surface area contributed by atoms with Crippen LogP contribution in [0, 0.1) is 23.8 Å². The van der Waals surface area contributed by atoms with Crippen LogP contribution in [0.15, 0.2) is 97.6 Å². The van der Waals surface area contributed by atoms with Crippen LogP contribution in [0.2, 0.25) is 0 Å². The summed E-state index contributed by atoms with van der Waals surface area (Å²) >= 11 is 0. The number of rotatable bonds is 3. The molecule has 0 aliphatic rings. The summed E-state index contributed by atoms with van der Waals surface area (Å²) in [6, 6.07) is 12.3. The number of halogens is 26. The molecule has 0 bridgehead atoms. The average molecular weight is 1250 g/mol. The van der Waals surface area contributed by atoms with Gasteiger partial charge < -0.3 is 9.97 Å². The van der Waals surface area contributed by atoms with E-state index in [-0.39, 0.29) is 55.0 Å². The van der Waals surface area contributed by atoms with E-state index in [4.69, 9.17) is 0 Å². The van der Waals surface area contributed by atoms with E-state index in [0.717, 1.165) is 36.4 Å². The molecule has 6 aromatic rings. The van der Waals surface area contributed by atoms with Crippen LogP contribution in [-0.2, 0) is 57.2 Å². The van der Waals surface area contributed by atoms with Crippen LogP contribution in [0.4, 0.5) is 113 Å². The molecule has 0 N–H and O–H groups in total. The average Bonchev–Trinajstić information content (AvgIpc) is 3.18. The van der Waals surface area contributed by atoms with Gasteiger partial charge in [-0.25, -0.2) is 0 Å². The van der Waals surface area contributed by atoms with E-state index in [0.29, 0.717) is 49.1 Å². The third-order valence-electron chi connectivity index (χ3n) is 7.58. The van der Waals surface area contributed by atoms with Crippen LogP contribution in [-0.4, -0.2) is 19.9 Å². The van der Waals surface area contributed by atoms with Gasteiger partial charge in [0.1, 0.15) is 0 Å². The van der Waals surface area contributed by atoms with Crippen LogP contribution in [0.25, 0.3) is 33.9 Å². The van der Waals surface area contributed by atoms with Crippen molar-refractivity contribution < 1.29 is 133 Å². The molecule has 4 nitrogen and oxygen atoms in total. The monoisotopic (exact) mass is 1250 g/mol. The maximum absolute atomic E-state index is 13.6. The molecule has 0 aliphatic carbocycles. The summed E-state index contributed by atoms with van der Waals surface area (Å²) in [4.78, 5) is 13.9. The number of hydrogen-bond acceptors (Lipinski definition) is 4. The summed E-state index contributed by atoms with van der Waals surface area (Å²) in [5.41, 5.74) is -7.67. The Bertz CT molecular complexity index is 2470. The van der Waals surface area contributed by atoms with Gasteiger partial charge in [-0.2, -0.15) is 79.0 Å². The summed E-state index contributed by atoms with van der Waals surface area (Å²) in [6.07, 6.45) is -25.5. The van der Waals surface area contributed by atoms with E-state index in [9.17, 15) is 113 Å². The Morgan fingerprint density at radius 3 is 0.686 bits per heavy atom. The van der Waals surface area contributed by atoms with Gasteiger partial charge in [0.15, 0.2) is 0 Å². The molecule has 6 rings (SSSR count). The summed E-state index contributed by atoms with van der Waals surface area (Å²) in [5.74, 6) is -2.53. The largest absolute Gasteiger partial charge is 3.00 e. The fourth-order valence-electron chi connectivity index (χ4n) is 4.50. The minimum Gasteiger partial charge on any atom is -0.304 e. The van der Waals surface area contributed by atoms with Crippen molar-refractivity contribution >= 4 is 7.81 Å². The molecule has 0 saturated carbocycles. The number of alkyl halides is 18. The first-order chi connectivity index (χ1) is 30.8. The predicted molar refractivity (Wildman–Crippen MR) is 188 cm³/mol. The van der Waals surface area contributed by atoms with E-state index in [1.54, 1.807) is 0 Å². The molecule has 0 spiro atoms. The van der Waals surface area contributed by atoms with Gasteiger partial charge in [-0.1, -0.05) is 47.5 Å². The van der Waals surface area contributed by atoms with Crippen LogP contribution in [0.3, 0.4) is 0 Å². The zero-order valence-electron chi connectivity index (χ0n) is 32.6. The fourth-order valence-corrected chi connectivity index (χ4v) is 4.50. The van der Waals surface area contributed by atoms with Crippen LogP contribution < -0.4 is 0 Å². The SMILES string of the molecule is FC(F)(F)c1ccc(-c2ccc(C(F)(F)F)cn2)nc1.F[P-](F)(F)(F)(F)F.Fc1cc(C(F)(F)F)c[c-]c1-c1ccc(C(F)(F)F)cn1.Fc1cc(C(F)(F)F)c[c-]c1-c1ccc(C(F)(F)F)cn1.[Ir+3]. The topological polar surface area (TPSA) is 51.6 Å². The molecule has 384 valence electrons. The Balaban J connectivity index is 0.000000334. The van der Waals surface area contributed by atoms with Crippen molar-refractivity contribution in [1.29, 1.82) is 0 Å².